The van der Waals surface area contributed by atoms with Crippen LogP contribution < -0.4 is 5.73 Å². The van der Waals surface area contributed by atoms with Crippen LogP contribution in [0.4, 0.5) is 5.69 Å². The Morgan fingerprint density at radius 2 is 1.63 bits per heavy atom. The van der Waals surface area contributed by atoms with E-state index in [0.29, 0.717) is 16.3 Å². The first-order valence-electron chi connectivity index (χ1n) is 6.07. The normalized spacial score (nSPS) is 10.5. The number of nitrogen functional groups attached to an aromatic ring is 1. The quantitative estimate of drug-likeness (QED) is 0.662. The number of carbonyl (C=O) groups excluding carboxylic acids is 1. The van der Waals surface area contributed by atoms with E-state index in [4.69, 9.17) is 17.3 Å². The third-order valence-corrected chi connectivity index (χ3v) is 3.45. The van der Waals surface area contributed by atoms with Crippen LogP contribution in [0, 0.1) is 20.8 Å². The van der Waals surface area contributed by atoms with Crippen LogP contribution in [-0.4, -0.2) is 5.78 Å². The van der Waals surface area contributed by atoms with Crippen molar-refractivity contribution in [3.63, 3.8) is 0 Å². The minimum absolute atomic E-state index is 0.0556. The molecule has 0 aromatic heterocycles. The highest BCUT2D eigenvalue weighted by atomic mass is 35.5. The monoisotopic (exact) mass is 273 g/mol. The zero-order valence-electron chi connectivity index (χ0n) is 11.3. The number of hydrogen-bond acceptors (Lipinski definition) is 2. The number of carbonyl (C=O) groups is 1. The fourth-order valence-corrected chi connectivity index (χ4v) is 2.66. The van der Waals surface area contributed by atoms with Gasteiger partial charge in [0.15, 0.2) is 5.78 Å². The summed E-state index contributed by atoms with van der Waals surface area (Å²) in [5.74, 6) is -0.0556. The maximum absolute atomic E-state index is 12.6. The second-order valence-electron chi connectivity index (χ2n) is 4.84. The Kier molecular flexibility index (Phi) is 3.63. The van der Waals surface area contributed by atoms with Crippen molar-refractivity contribution < 1.29 is 4.79 Å². The molecule has 2 aromatic carbocycles. The highest BCUT2D eigenvalue weighted by molar-refractivity contribution is 6.35. The number of ketones is 1. The van der Waals surface area contributed by atoms with E-state index >= 15 is 0 Å². The van der Waals surface area contributed by atoms with E-state index < -0.39 is 0 Å². The van der Waals surface area contributed by atoms with Gasteiger partial charge >= 0.3 is 0 Å². The molecular weight excluding hydrogens is 258 g/mol. The van der Waals surface area contributed by atoms with Gasteiger partial charge in [-0.05, 0) is 50.1 Å². The maximum atomic E-state index is 12.6. The van der Waals surface area contributed by atoms with Gasteiger partial charge in [-0.25, -0.2) is 0 Å². The Hall–Kier alpha value is -1.80. The Morgan fingerprint density at radius 1 is 1.05 bits per heavy atom. The van der Waals surface area contributed by atoms with Crippen LogP contribution in [0.1, 0.15) is 32.6 Å². The third kappa shape index (κ3) is 2.64. The first kappa shape index (κ1) is 13.6. The molecular formula is C16H16ClNO. The molecule has 0 aliphatic heterocycles. The van der Waals surface area contributed by atoms with Crippen molar-refractivity contribution in [1.29, 1.82) is 0 Å². The van der Waals surface area contributed by atoms with Gasteiger partial charge in [-0.1, -0.05) is 29.3 Å². The first-order valence-corrected chi connectivity index (χ1v) is 6.45. The summed E-state index contributed by atoms with van der Waals surface area (Å²) in [5.41, 5.74) is 10.5. The fourth-order valence-electron chi connectivity index (χ4n) is 2.39. The van der Waals surface area contributed by atoms with Gasteiger partial charge in [0.2, 0.25) is 0 Å². The average molecular weight is 274 g/mol. The smallest absolute Gasteiger partial charge is 0.195 e. The zero-order valence-corrected chi connectivity index (χ0v) is 12.0. The summed E-state index contributed by atoms with van der Waals surface area (Å²) >= 11 is 6.11. The van der Waals surface area contributed by atoms with Crippen molar-refractivity contribution in [2.45, 2.75) is 20.8 Å². The molecule has 0 unspecified atom stereocenters. The number of aryl methyl sites for hydroxylation is 3. The highest BCUT2D eigenvalue weighted by Crippen LogP contribution is 2.25. The second-order valence-corrected chi connectivity index (χ2v) is 5.25. The number of benzene rings is 2. The molecule has 0 aliphatic carbocycles. The third-order valence-electron chi connectivity index (χ3n) is 3.14. The summed E-state index contributed by atoms with van der Waals surface area (Å²) in [7, 11) is 0. The Balaban J connectivity index is 2.56. The lowest BCUT2D eigenvalue weighted by Crippen LogP contribution is -2.07. The molecule has 2 N–H and O–H groups in total. The fraction of sp³-hybridized carbons (Fsp3) is 0.188. The molecule has 2 nitrogen and oxygen atoms in total. The number of halogens is 1. The average Bonchev–Trinajstić information content (AvgIpc) is 2.26. The molecule has 0 heterocycles. The Labute approximate surface area is 118 Å². The predicted octanol–water partition coefficient (Wildman–Crippen LogP) is 4.08. The molecule has 0 fully saturated rings. The molecule has 2 aromatic rings. The van der Waals surface area contributed by atoms with Crippen molar-refractivity contribution in [1.82, 2.24) is 0 Å². The first-order chi connectivity index (χ1) is 8.90. The standard InChI is InChI=1S/C16H16ClNO/c1-9-6-10(2)15(11(3)7-9)16(19)13-5-4-12(18)8-14(13)17/h4-8H,18H2,1-3H3. The molecule has 2 rings (SSSR count). The predicted molar refractivity (Wildman–Crippen MR) is 79.9 cm³/mol. The van der Waals surface area contributed by atoms with Crippen molar-refractivity contribution in [2.24, 2.45) is 0 Å². The van der Waals surface area contributed by atoms with Crippen LogP contribution in [0.15, 0.2) is 30.3 Å². The van der Waals surface area contributed by atoms with Crippen LogP contribution in [0.5, 0.6) is 0 Å². The van der Waals surface area contributed by atoms with Crippen LogP contribution in [0.3, 0.4) is 0 Å². The van der Waals surface area contributed by atoms with Crippen molar-refractivity contribution >= 4 is 23.1 Å². The van der Waals surface area contributed by atoms with Crippen LogP contribution in [0.2, 0.25) is 5.02 Å². The molecule has 98 valence electrons. The van der Waals surface area contributed by atoms with Gasteiger partial charge in [0.25, 0.3) is 0 Å². The second kappa shape index (κ2) is 5.06. The summed E-state index contributed by atoms with van der Waals surface area (Å²) < 4.78 is 0. The van der Waals surface area contributed by atoms with Crippen molar-refractivity contribution in [3.8, 4) is 0 Å². The molecule has 0 radical (unpaired) electrons. The Morgan fingerprint density at radius 3 is 2.16 bits per heavy atom. The molecule has 19 heavy (non-hydrogen) atoms. The van der Waals surface area contributed by atoms with E-state index in [1.165, 1.54) is 0 Å². The summed E-state index contributed by atoms with van der Waals surface area (Å²) in [6, 6.07) is 8.99. The highest BCUT2D eigenvalue weighted by Gasteiger charge is 2.17. The summed E-state index contributed by atoms with van der Waals surface area (Å²) in [4.78, 5) is 12.6. The van der Waals surface area contributed by atoms with E-state index in [-0.39, 0.29) is 5.78 Å². The van der Waals surface area contributed by atoms with Gasteiger partial charge in [0.05, 0.1) is 5.02 Å². The van der Waals surface area contributed by atoms with E-state index in [1.807, 2.05) is 32.9 Å². The summed E-state index contributed by atoms with van der Waals surface area (Å²) in [6.07, 6.45) is 0. The van der Waals surface area contributed by atoms with Crippen molar-refractivity contribution in [3.05, 3.63) is 63.2 Å². The lowest BCUT2D eigenvalue weighted by molar-refractivity contribution is 0.103. The van der Waals surface area contributed by atoms with Gasteiger partial charge in [-0.3, -0.25) is 4.79 Å². The Bertz CT molecular complexity index is 639. The lowest BCUT2D eigenvalue weighted by Gasteiger charge is -2.11. The molecule has 0 atom stereocenters. The molecule has 0 aliphatic rings. The topological polar surface area (TPSA) is 43.1 Å². The SMILES string of the molecule is Cc1cc(C)c(C(=O)c2ccc(N)cc2Cl)c(C)c1. The van der Waals surface area contributed by atoms with Gasteiger partial charge in [-0.2, -0.15) is 0 Å². The van der Waals surface area contributed by atoms with Crippen LogP contribution >= 0.6 is 11.6 Å². The van der Waals surface area contributed by atoms with E-state index in [1.54, 1.807) is 18.2 Å². The maximum Gasteiger partial charge on any atom is 0.195 e. The number of rotatable bonds is 2. The van der Waals surface area contributed by atoms with E-state index in [9.17, 15) is 4.79 Å². The number of hydrogen-bond donors (Lipinski definition) is 1. The van der Waals surface area contributed by atoms with Gasteiger partial charge in [-0.15, -0.1) is 0 Å². The molecule has 3 heteroatoms. The van der Waals surface area contributed by atoms with Gasteiger partial charge in [0.1, 0.15) is 0 Å². The number of nitrogens with two attached hydrogens (primary N) is 1. The largest absolute Gasteiger partial charge is 0.399 e. The summed E-state index contributed by atoms with van der Waals surface area (Å²) in [5, 5.41) is 0.393. The molecule has 0 bridgehead atoms. The van der Waals surface area contributed by atoms with Crippen LogP contribution in [-0.2, 0) is 0 Å². The molecule has 0 amide bonds. The van der Waals surface area contributed by atoms with E-state index in [2.05, 4.69) is 0 Å². The number of anilines is 1. The molecule has 0 spiro atoms. The zero-order chi connectivity index (χ0) is 14.2. The minimum atomic E-state index is -0.0556. The lowest BCUT2D eigenvalue weighted by atomic mass is 9.93. The summed E-state index contributed by atoms with van der Waals surface area (Å²) in [6.45, 7) is 5.90. The van der Waals surface area contributed by atoms with Crippen LogP contribution in [0.25, 0.3) is 0 Å². The van der Waals surface area contributed by atoms with Gasteiger partial charge < -0.3 is 5.73 Å². The van der Waals surface area contributed by atoms with Gasteiger partial charge in [0, 0.05) is 16.8 Å². The molecule has 0 saturated carbocycles. The van der Waals surface area contributed by atoms with E-state index in [0.717, 1.165) is 22.3 Å². The minimum Gasteiger partial charge on any atom is -0.399 e. The van der Waals surface area contributed by atoms with Crippen molar-refractivity contribution in [2.75, 3.05) is 5.73 Å². The molecule has 0 saturated heterocycles.